The normalized spacial score (nSPS) is 11.0. The van der Waals surface area contributed by atoms with Gasteiger partial charge in [0, 0.05) is 12.7 Å². The number of aromatic nitrogens is 5. The van der Waals surface area contributed by atoms with Crippen LogP contribution in [0.2, 0.25) is 0 Å². The number of benzene rings is 1. The van der Waals surface area contributed by atoms with Gasteiger partial charge in [-0.1, -0.05) is 24.3 Å². The van der Waals surface area contributed by atoms with E-state index in [2.05, 4.69) is 15.2 Å². The Labute approximate surface area is 150 Å². The van der Waals surface area contributed by atoms with Gasteiger partial charge in [-0.3, -0.25) is 4.79 Å². The largest absolute Gasteiger partial charge is 0.332 e. The summed E-state index contributed by atoms with van der Waals surface area (Å²) in [4.78, 5) is 20.4. The first kappa shape index (κ1) is 16.0. The van der Waals surface area contributed by atoms with Gasteiger partial charge in [0.15, 0.2) is 5.69 Å². The fourth-order valence-corrected chi connectivity index (χ4v) is 2.83. The molecule has 0 unspecified atom stereocenters. The van der Waals surface area contributed by atoms with Crippen molar-refractivity contribution in [1.82, 2.24) is 29.3 Å². The van der Waals surface area contributed by atoms with Crippen molar-refractivity contribution < 1.29 is 4.79 Å². The number of para-hydroxylation sites is 1. The Hall–Kier alpha value is -3.48. The first-order valence-electron chi connectivity index (χ1n) is 8.44. The second-order valence-corrected chi connectivity index (χ2v) is 5.85. The number of fused-ring (bicyclic) bond motifs is 1. The highest BCUT2D eigenvalue weighted by molar-refractivity contribution is 5.91. The molecule has 0 bridgehead atoms. The van der Waals surface area contributed by atoms with Gasteiger partial charge >= 0.3 is 0 Å². The number of hydrogen-bond donors (Lipinski definition) is 0. The van der Waals surface area contributed by atoms with E-state index in [9.17, 15) is 4.79 Å². The lowest BCUT2D eigenvalue weighted by molar-refractivity contribution is 0.0744. The average molecular weight is 346 g/mol. The number of hydrogen-bond acceptors (Lipinski definition) is 4. The predicted octanol–water partition coefficient (Wildman–Crippen LogP) is 2.58. The van der Waals surface area contributed by atoms with E-state index in [-0.39, 0.29) is 5.91 Å². The second kappa shape index (κ2) is 6.79. The quantitative estimate of drug-likeness (QED) is 0.557. The van der Waals surface area contributed by atoms with E-state index >= 15 is 0 Å². The van der Waals surface area contributed by atoms with Gasteiger partial charge in [-0.25, -0.2) is 4.98 Å². The maximum absolute atomic E-state index is 12.9. The highest BCUT2D eigenvalue weighted by Crippen LogP contribution is 2.12. The summed E-state index contributed by atoms with van der Waals surface area (Å²) < 4.78 is 1.98. The van der Waals surface area contributed by atoms with Crippen molar-refractivity contribution in [2.75, 3.05) is 6.54 Å². The molecule has 0 fully saturated rings. The molecule has 4 rings (SSSR count). The third kappa shape index (κ3) is 2.95. The molecule has 3 heterocycles. The number of amides is 1. The average Bonchev–Trinajstić information content (AvgIpc) is 3.34. The molecular formula is C19H18N6O. The zero-order chi connectivity index (χ0) is 17.9. The maximum atomic E-state index is 12.9. The maximum Gasteiger partial charge on any atom is 0.276 e. The molecule has 4 aromatic rings. The Bertz CT molecular complexity index is 1040. The van der Waals surface area contributed by atoms with E-state index in [1.807, 2.05) is 66.1 Å². The van der Waals surface area contributed by atoms with E-state index in [4.69, 9.17) is 0 Å². The van der Waals surface area contributed by atoms with Crippen molar-refractivity contribution in [2.45, 2.75) is 13.5 Å². The Kier molecular flexibility index (Phi) is 4.18. The van der Waals surface area contributed by atoms with Crippen molar-refractivity contribution in [1.29, 1.82) is 0 Å². The second-order valence-electron chi connectivity index (χ2n) is 5.85. The van der Waals surface area contributed by atoms with Crippen LogP contribution < -0.4 is 0 Å². The van der Waals surface area contributed by atoms with E-state index in [1.165, 1.54) is 11.0 Å². The Morgan fingerprint density at radius 3 is 2.69 bits per heavy atom. The van der Waals surface area contributed by atoms with Crippen molar-refractivity contribution in [3.63, 3.8) is 0 Å². The van der Waals surface area contributed by atoms with Crippen molar-refractivity contribution in [3.8, 4) is 5.69 Å². The smallest absolute Gasteiger partial charge is 0.276 e. The fraction of sp³-hybridized carbons (Fsp3) is 0.158. The fourth-order valence-electron chi connectivity index (χ4n) is 2.83. The summed E-state index contributed by atoms with van der Waals surface area (Å²) in [6, 6.07) is 15.3. The summed E-state index contributed by atoms with van der Waals surface area (Å²) >= 11 is 0. The highest BCUT2D eigenvalue weighted by Gasteiger charge is 2.19. The molecule has 0 saturated heterocycles. The van der Waals surface area contributed by atoms with Gasteiger partial charge in [-0.2, -0.15) is 9.90 Å². The van der Waals surface area contributed by atoms with Crippen LogP contribution in [0, 0.1) is 0 Å². The molecule has 1 amide bonds. The summed E-state index contributed by atoms with van der Waals surface area (Å²) in [5.41, 5.74) is 2.95. The SMILES string of the molecule is CCN(Cc1cnc2ccccn12)C(=O)c1cnn(-c2ccccc2)n1. The van der Waals surface area contributed by atoms with Crippen molar-refractivity contribution in [3.05, 3.63) is 78.5 Å². The van der Waals surface area contributed by atoms with E-state index in [0.29, 0.717) is 18.8 Å². The van der Waals surface area contributed by atoms with Gasteiger partial charge in [0.2, 0.25) is 0 Å². The molecule has 0 radical (unpaired) electrons. The molecular weight excluding hydrogens is 328 g/mol. The van der Waals surface area contributed by atoms with Gasteiger partial charge in [0.05, 0.1) is 30.3 Å². The van der Waals surface area contributed by atoms with Crippen LogP contribution in [0.25, 0.3) is 11.3 Å². The van der Waals surface area contributed by atoms with Crippen LogP contribution in [0.5, 0.6) is 0 Å². The molecule has 0 aliphatic carbocycles. The van der Waals surface area contributed by atoms with Gasteiger partial charge in [-0.15, -0.1) is 5.10 Å². The van der Waals surface area contributed by atoms with E-state index < -0.39 is 0 Å². The Morgan fingerprint density at radius 2 is 1.88 bits per heavy atom. The number of pyridine rings is 1. The molecule has 0 spiro atoms. The molecule has 130 valence electrons. The van der Waals surface area contributed by atoms with Crippen LogP contribution in [0.15, 0.2) is 67.1 Å². The molecule has 26 heavy (non-hydrogen) atoms. The number of nitrogens with zero attached hydrogens (tertiary/aromatic N) is 6. The third-order valence-electron chi connectivity index (χ3n) is 4.21. The highest BCUT2D eigenvalue weighted by atomic mass is 16.2. The van der Waals surface area contributed by atoms with Crippen LogP contribution in [-0.2, 0) is 6.54 Å². The molecule has 7 heteroatoms. The minimum Gasteiger partial charge on any atom is -0.332 e. The molecule has 0 saturated carbocycles. The summed E-state index contributed by atoms with van der Waals surface area (Å²) in [5.74, 6) is -0.152. The van der Waals surface area contributed by atoms with E-state index in [1.54, 1.807) is 11.1 Å². The van der Waals surface area contributed by atoms with Crippen LogP contribution >= 0.6 is 0 Å². The summed E-state index contributed by atoms with van der Waals surface area (Å²) in [5, 5.41) is 8.54. The number of imidazole rings is 1. The number of rotatable bonds is 5. The molecule has 3 aromatic heterocycles. The standard InChI is InChI=1S/C19H18N6O/c1-2-23(14-16-12-20-18-10-6-7-11-24(16)18)19(26)17-13-21-25(22-17)15-8-4-3-5-9-15/h3-13H,2,14H2,1H3. The lowest BCUT2D eigenvalue weighted by Gasteiger charge is -2.19. The Balaban J connectivity index is 1.57. The number of carbonyl (C=O) groups excluding carboxylic acids is 1. The van der Waals surface area contributed by atoms with Crippen LogP contribution in [0.1, 0.15) is 23.1 Å². The topological polar surface area (TPSA) is 68.3 Å². The van der Waals surface area contributed by atoms with Gasteiger partial charge in [-0.05, 0) is 31.2 Å². The third-order valence-corrected chi connectivity index (χ3v) is 4.21. The van der Waals surface area contributed by atoms with Gasteiger partial charge < -0.3 is 9.30 Å². The summed E-state index contributed by atoms with van der Waals surface area (Å²) in [6.07, 6.45) is 5.25. The molecule has 0 aliphatic heterocycles. The van der Waals surface area contributed by atoms with Crippen molar-refractivity contribution >= 4 is 11.6 Å². The lowest BCUT2D eigenvalue weighted by Crippen LogP contribution is -2.31. The molecule has 1 aromatic carbocycles. The summed E-state index contributed by atoms with van der Waals surface area (Å²) in [6.45, 7) is 2.97. The minimum absolute atomic E-state index is 0.152. The van der Waals surface area contributed by atoms with Crippen LogP contribution in [0.4, 0.5) is 0 Å². The molecule has 0 aliphatic rings. The minimum atomic E-state index is -0.152. The first-order chi connectivity index (χ1) is 12.8. The van der Waals surface area contributed by atoms with Crippen molar-refractivity contribution in [2.24, 2.45) is 0 Å². The lowest BCUT2D eigenvalue weighted by atomic mass is 10.3. The van der Waals surface area contributed by atoms with Gasteiger partial charge in [0.25, 0.3) is 5.91 Å². The molecule has 0 atom stereocenters. The zero-order valence-corrected chi connectivity index (χ0v) is 14.4. The van der Waals surface area contributed by atoms with Gasteiger partial charge in [0.1, 0.15) is 5.65 Å². The summed E-state index contributed by atoms with van der Waals surface area (Å²) in [7, 11) is 0. The Morgan fingerprint density at radius 1 is 1.08 bits per heavy atom. The first-order valence-corrected chi connectivity index (χ1v) is 8.44. The van der Waals surface area contributed by atoms with Crippen LogP contribution in [-0.4, -0.2) is 41.7 Å². The molecule has 7 nitrogen and oxygen atoms in total. The van der Waals surface area contributed by atoms with Crippen LogP contribution in [0.3, 0.4) is 0 Å². The monoisotopic (exact) mass is 346 g/mol. The predicted molar refractivity (Wildman–Crippen MR) is 97.0 cm³/mol. The zero-order valence-electron chi connectivity index (χ0n) is 14.4. The molecule has 0 N–H and O–H groups in total. The van der Waals surface area contributed by atoms with E-state index in [0.717, 1.165) is 17.0 Å². The number of carbonyl (C=O) groups is 1.